The van der Waals surface area contributed by atoms with Crippen LogP contribution in [0.15, 0.2) is 134 Å². The van der Waals surface area contributed by atoms with E-state index in [1.807, 2.05) is 20.8 Å². The predicted octanol–water partition coefficient (Wildman–Crippen LogP) is 11.4. The zero-order chi connectivity index (χ0) is 54.0. The standard InChI is InChI=1S/C12H14O4.C12H12O4.C11H14O3.2C10H12O3/c1-8(2)7-16-11-6-9(12(13)14)4-5-10(11)15-3;1-3-6-16-11-5-4-9(8(2)13)7-10(11)12(14)15;1-2-3-7-14-10-6-4-5-9(8-10)11(12)13;1-2-7-13-9-5-3-8(4-6-9)10(11)12;1-2-6-13-9-5-3-4-8(7-9)10(11)12/h4-6H,1,7H2,2-3H3,(H,13,14);3-5,7H,1,6H2,2H3,(H,14,15);4-6,8H,2-3,7H2,1H3,(H,12,13);3-6H,2,7H2,1H3,(H,11,12);3-5,7H,2,6H2,1H3,(H,11,12). The van der Waals surface area contributed by atoms with Crippen molar-refractivity contribution in [2.45, 2.75) is 60.3 Å². The summed E-state index contributed by atoms with van der Waals surface area (Å²) in [4.78, 5) is 64.5. The van der Waals surface area contributed by atoms with Gasteiger partial charge in [-0.25, -0.2) is 24.0 Å². The second-order valence-corrected chi connectivity index (χ2v) is 15.0. The summed E-state index contributed by atoms with van der Waals surface area (Å²) in [5, 5.41) is 43.8. The molecule has 0 atom stereocenters. The minimum absolute atomic E-state index is 0.0189. The first-order valence-electron chi connectivity index (χ1n) is 22.5. The van der Waals surface area contributed by atoms with Gasteiger partial charge in [0, 0.05) is 5.56 Å². The lowest BCUT2D eigenvalue weighted by molar-refractivity contribution is 0.0682. The van der Waals surface area contributed by atoms with Crippen LogP contribution >= 0.6 is 0 Å². The lowest BCUT2D eigenvalue weighted by Crippen LogP contribution is -2.05. The van der Waals surface area contributed by atoms with E-state index in [1.54, 1.807) is 54.6 Å². The van der Waals surface area contributed by atoms with Crippen LogP contribution < -0.4 is 28.4 Å². The topological polar surface area (TPSA) is 259 Å². The van der Waals surface area contributed by atoms with Crippen molar-refractivity contribution < 1.29 is 82.7 Å². The Bertz CT molecular complexity index is 2530. The van der Waals surface area contributed by atoms with E-state index in [-0.39, 0.29) is 46.0 Å². The summed E-state index contributed by atoms with van der Waals surface area (Å²) < 4.78 is 31.6. The van der Waals surface area contributed by atoms with Gasteiger partial charge >= 0.3 is 29.8 Å². The first kappa shape index (κ1) is 61.4. The third-order valence-corrected chi connectivity index (χ3v) is 8.83. The summed E-state index contributed by atoms with van der Waals surface area (Å²) in [5.41, 5.74) is 2.15. The molecule has 0 radical (unpaired) electrons. The van der Waals surface area contributed by atoms with Crippen LogP contribution in [0.2, 0.25) is 0 Å². The summed E-state index contributed by atoms with van der Waals surface area (Å²) in [6.07, 6.45) is 5.43. The maximum Gasteiger partial charge on any atom is 0.339 e. The fraction of sp³-hybridized carbons (Fsp3) is 0.273. The number of hydrogen-bond donors (Lipinski definition) is 5. The van der Waals surface area contributed by atoms with E-state index in [4.69, 9.17) is 54.0 Å². The SMILES string of the molecule is C=C(C)COc1cc(C(=O)O)ccc1OC.C=CCOc1ccc(C(C)=O)cc1C(=O)O.CCCCOc1cccc(C(=O)O)c1.CCCOc1ccc(C(=O)O)cc1.CCCOc1cccc(C(=O)O)c1. The Labute approximate surface area is 419 Å². The van der Waals surface area contributed by atoms with Gasteiger partial charge in [0.1, 0.15) is 41.8 Å². The Balaban J connectivity index is 0.000000451. The van der Waals surface area contributed by atoms with Crippen LogP contribution in [-0.2, 0) is 0 Å². The fourth-order valence-electron chi connectivity index (χ4n) is 5.22. The van der Waals surface area contributed by atoms with Crippen LogP contribution in [0.3, 0.4) is 0 Å². The van der Waals surface area contributed by atoms with Crippen molar-refractivity contribution in [2.75, 3.05) is 40.1 Å². The van der Waals surface area contributed by atoms with E-state index in [9.17, 15) is 28.8 Å². The largest absolute Gasteiger partial charge is 0.494 e. The van der Waals surface area contributed by atoms with Gasteiger partial charge in [-0.3, -0.25) is 4.79 Å². The third kappa shape index (κ3) is 24.6. The molecule has 386 valence electrons. The first-order chi connectivity index (χ1) is 34.3. The van der Waals surface area contributed by atoms with Crippen molar-refractivity contribution in [3.05, 3.63) is 167 Å². The van der Waals surface area contributed by atoms with Gasteiger partial charge in [-0.1, -0.05) is 58.6 Å². The summed E-state index contributed by atoms with van der Waals surface area (Å²) >= 11 is 0. The molecule has 0 bridgehead atoms. The Morgan fingerprint density at radius 1 is 0.486 bits per heavy atom. The van der Waals surface area contributed by atoms with Gasteiger partial charge in [-0.2, -0.15) is 0 Å². The molecule has 5 aromatic carbocycles. The number of hydrogen-bond acceptors (Lipinski definition) is 12. The number of ether oxygens (including phenoxy) is 6. The number of unbranched alkanes of at least 4 members (excludes halogenated alkanes) is 1. The van der Waals surface area contributed by atoms with Gasteiger partial charge in [0.05, 0.1) is 49.2 Å². The van der Waals surface area contributed by atoms with Crippen molar-refractivity contribution in [3.63, 3.8) is 0 Å². The molecule has 5 N–H and O–H groups in total. The number of benzene rings is 5. The highest BCUT2D eigenvalue weighted by Crippen LogP contribution is 2.28. The number of aromatic carboxylic acids is 5. The number of carboxylic acids is 5. The van der Waals surface area contributed by atoms with E-state index in [0.717, 1.165) is 31.3 Å². The van der Waals surface area contributed by atoms with Gasteiger partial charge in [0.25, 0.3) is 0 Å². The average molecular weight is 997 g/mol. The summed E-state index contributed by atoms with van der Waals surface area (Å²) in [6.45, 7) is 18.9. The molecule has 72 heavy (non-hydrogen) atoms. The summed E-state index contributed by atoms with van der Waals surface area (Å²) in [5.74, 6) is -1.97. The Kier molecular flexibility index (Phi) is 29.6. The van der Waals surface area contributed by atoms with Crippen molar-refractivity contribution in [1.82, 2.24) is 0 Å². The molecule has 5 rings (SSSR count). The van der Waals surface area contributed by atoms with E-state index >= 15 is 0 Å². The van der Waals surface area contributed by atoms with Gasteiger partial charge in [0.15, 0.2) is 17.3 Å². The molecule has 5 aromatic rings. The average Bonchev–Trinajstić information content (AvgIpc) is 3.37. The highest BCUT2D eigenvalue weighted by molar-refractivity contribution is 5.99. The molecule has 0 unspecified atom stereocenters. The molecular weight excluding hydrogens is 933 g/mol. The van der Waals surface area contributed by atoms with Gasteiger partial charge in [0.2, 0.25) is 0 Å². The van der Waals surface area contributed by atoms with Gasteiger partial charge in [-0.15, -0.1) is 0 Å². The van der Waals surface area contributed by atoms with E-state index in [0.29, 0.717) is 60.7 Å². The van der Waals surface area contributed by atoms with Crippen molar-refractivity contribution in [1.29, 1.82) is 0 Å². The Hall–Kier alpha value is -8.60. The van der Waals surface area contributed by atoms with E-state index in [2.05, 4.69) is 20.1 Å². The third-order valence-electron chi connectivity index (χ3n) is 8.83. The number of methoxy groups -OCH3 is 1. The number of rotatable bonds is 23. The lowest BCUT2D eigenvalue weighted by atomic mass is 10.1. The van der Waals surface area contributed by atoms with Crippen molar-refractivity contribution in [3.8, 4) is 34.5 Å². The zero-order valence-corrected chi connectivity index (χ0v) is 41.4. The second kappa shape index (κ2) is 34.6. The van der Waals surface area contributed by atoms with E-state index in [1.165, 1.54) is 74.7 Å². The van der Waals surface area contributed by atoms with Crippen LogP contribution in [0.5, 0.6) is 34.5 Å². The number of Topliss-reactive ketones (excluding diaryl/α,β-unsaturated/α-hetero) is 1. The molecule has 17 heteroatoms. The van der Waals surface area contributed by atoms with Crippen LogP contribution in [0, 0.1) is 0 Å². The van der Waals surface area contributed by atoms with Gasteiger partial charge < -0.3 is 54.0 Å². The number of ketones is 1. The molecule has 0 saturated heterocycles. The second-order valence-electron chi connectivity index (χ2n) is 15.0. The minimum atomic E-state index is -1.12. The van der Waals surface area contributed by atoms with Crippen LogP contribution in [0.1, 0.15) is 122 Å². The molecule has 0 aliphatic heterocycles. The predicted molar refractivity (Wildman–Crippen MR) is 272 cm³/mol. The Morgan fingerprint density at radius 3 is 1.40 bits per heavy atom. The van der Waals surface area contributed by atoms with Crippen molar-refractivity contribution >= 4 is 35.6 Å². The molecule has 0 spiro atoms. The number of carbonyl (C=O) groups excluding carboxylic acids is 1. The minimum Gasteiger partial charge on any atom is -0.494 e. The molecule has 0 aliphatic rings. The molecule has 0 aliphatic carbocycles. The molecule has 0 amide bonds. The Morgan fingerprint density at radius 2 is 0.958 bits per heavy atom. The van der Waals surface area contributed by atoms with Crippen LogP contribution in [0.4, 0.5) is 0 Å². The highest BCUT2D eigenvalue weighted by atomic mass is 16.5. The van der Waals surface area contributed by atoms with Crippen LogP contribution in [-0.4, -0.2) is 101 Å². The summed E-state index contributed by atoms with van der Waals surface area (Å²) in [6, 6.07) is 28.2. The van der Waals surface area contributed by atoms with Crippen LogP contribution in [0.25, 0.3) is 0 Å². The molecule has 0 fully saturated rings. The molecule has 0 heterocycles. The number of carbonyl (C=O) groups is 6. The molecule has 0 saturated carbocycles. The van der Waals surface area contributed by atoms with E-state index < -0.39 is 29.8 Å². The zero-order valence-electron chi connectivity index (χ0n) is 41.4. The highest BCUT2D eigenvalue weighted by Gasteiger charge is 2.14. The van der Waals surface area contributed by atoms with Gasteiger partial charge in [-0.05, 0) is 136 Å². The molecule has 0 aromatic heterocycles. The smallest absolute Gasteiger partial charge is 0.339 e. The molecule has 17 nitrogen and oxygen atoms in total. The first-order valence-corrected chi connectivity index (χ1v) is 22.5. The van der Waals surface area contributed by atoms with Crippen molar-refractivity contribution in [2.24, 2.45) is 0 Å². The summed E-state index contributed by atoms with van der Waals surface area (Å²) in [7, 11) is 1.50. The monoisotopic (exact) mass is 996 g/mol. The lowest BCUT2D eigenvalue weighted by Gasteiger charge is -2.11. The molecular formula is C55H64O17. The normalized spacial score (nSPS) is 9.64. The fourth-order valence-corrected chi connectivity index (χ4v) is 5.22. The number of carboxylic acid groups (broad SMARTS) is 5. The maximum atomic E-state index is 11.1. The maximum absolute atomic E-state index is 11.1. The quantitative estimate of drug-likeness (QED) is 0.0231.